The van der Waals surface area contributed by atoms with Crippen LogP contribution in [0.5, 0.6) is 11.5 Å². The number of hydrogen-bond acceptors (Lipinski definition) is 5. The van der Waals surface area contributed by atoms with Gasteiger partial charge in [0, 0.05) is 19.2 Å². The van der Waals surface area contributed by atoms with Crippen LogP contribution in [0.2, 0.25) is 0 Å². The lowest BCUT2D eigenvalue weighted by atomic mass is 10.2. The largest absolute Gasteiger partial charge is 0.506 e. The first-order chi connectivity index (χ1) is 12.2. The van der Waals surface area contributed by atoms with Crippen LogP contribution in [-0.2, 0) is 10.0 Å². The molecule has 0 spiro atoms. The van der Waals surface area contributed by atoms with Crippen molar-refractivity contribution in [3.05, 3.63) is 18.2 Å². The molecule has 0 saturated heterocycles. The second-order valence-corrected chi connectivity index (χ2v) is 9.90. The van der Waals surface area contributed by atoms with Gasteiger partial charge in [0.05, 0.1) is 17.0 Å². The number of phenolic OH excluding ortho intramolecular Hbond substituents is 1. The SMILES string of the molecule is CCCCOc1ccc(NCCCCCNS(=O)(=O)C(C)(C)C)c(O)c1. The highest BCUT2D eigenvalue weighted by atomic mass is 32.2. The summed E-state index contributed by atoms with van der Waals surface area (Å²) in [4.78, 5) is 0. The lowest BCUT2D eigenvalue weighted by Gasteiger charge is -2.19. The number of anilines is 1. The van der Waals surface area contributed by atoms with Crippen LogP contribution < -0.4 is 14.8 Å². The maximum atomic E-state index is 11.9. The number of benzene rings is 1. The first kappa shape index (κ1) is 22.6. The van der Waals surface area contributed by atoms with Crippen molar-refractivity contribution in [3.63, 3.8) is 0 Å². The van der Waals surface area contributed by atoms with E-state index in [1.54, 1.807) is 26.8 Å². The number of ether oxygens (including phenoxy) is 1. The van der Waals surface area contributed by atoms with E-state index in [4.69, 9.17) is 4.74 Å². The van der Waals surface area contributed by atoms with Crippen LogP contribution in [0.25, 0.3) is 0 Å². The lowest BCUT2D eigenvalue weighted by Crippen LogP contribution is -2.39. The summed E-state index contributed by atoms with van der Waals surface area (Å²) in [5.41, 5.74) is 0.682. The highest BCUT2D eigenvalue weighted by molar-refractivity contribution is 7.90. The summed E-state index contributed by atoms with van der Waals surface area (Å²) in [7, 11) is -3.26. The van der Waals surface area contributed by atoms with Crippen molar-refractivity contribution >= 4 is 15.7 Å². The molecule has 0 radical (unpaired) electrons. The fourth-order valence-electron chi connectivity index (χ4n) is 2.16. The summed E-state index contributed by atoms with van der Waals surface area (Å²) in [5, 5.41) is 13.2. The Balaban J connectivity index is 2.24. The molecular formula is C19H34N2O4S. The van der Waals surface area contributed by atoms with E-state index in [1.807, 2.05) is 12.1 Å². The van der Waals surface area contributed by atoms with Gasteiger partial charge in [0.2, 0.25) is 10.0 Å². The number of sulfonamides is 1. The number of rotatable bonds is 12. The third-order valence-electron chi connectivity index (χ3n) is 4.00. The fraction of sp³-hybridized carbons (Fsp3) is 0.684. The Bertz CT molecular complexity index is 639. The molecule has 0 aromatic heterocycles. The van der Waals surface area contributed by atoms with Crippen LogP contribution in [0.4, 0.5) is 5.69 Å². The molecule has 0 aliphatic heterocycles. The summed E-state index contributed by atoms with van der Waals surface area (Å²) >= 11 is 0. The van der Waals surface area contributed by atoms with Gasteiger partial charge in [0.1, 0.15) is 11.5 Å². The molecule has 0 heterocycles. The average molecular weight is 387 g/mol. The molecule has 3 N–H and O–H groups in total. The smallest absolute Gasteiger partial charge is 0.216 e. The van der Waals surface area contributed by atoms with Crippen LogP contribution >= 0.6 is 0 Å². The predicted octanol–water partition coefficient (Wildman–Crippen LogP) is 3.87. The van der Waals surface area contributed by atoms with E-state index >= 15 is 0 Å². The van der Waals surface area contributed by atoms with Crippen LogP contribution in [0.3, 0.4) is 0 Å². The minimum atomic E-state index is -3.26. The molecule has 0 unspecified atom stereocenters. The third kappa shape index (κ3) is 7.83. The minimum Gasteiger partial charge on any atom is -0.506 e. The third-order valence-corrected chi connectivity index (χ3v) is 6.20. The van der Waals surface area contributed by atoms with Gasteiger partial charge in [0.25, 0.3) is 0 Å². The Morgan fingerprint density at radius 2 is 1.77 bits per heavy atom. The zero-order chi connectivity index (χ0) is 19.6. The van der Waals surface area contributed by atoms with Gasteiger partial charge in [-0.15, -0.1) is 0 Å². The van der Waals surface area contributed by atoms with Crippen molar-refractivity contribution in [2.45, 2.75) is 64.5 Å². The highest BCUT2D eigenvalue weighted by Gasteiger charge is 2.27. The zero-order valence-electron chi connectivity index (χ0n) is 16.5. The Morgan fingerprint density at radius 1 is 1.08 bits per heavy atom. The topological polar surface area (TPSA) is 87.7 Å². The second-order valence-electron chi connectivity index (χ2n) is 7.38. The second kappa shape index (κ2) is 10.6. The summed E-state index contributed by atoms with van der Waals surface area (Å²) in [5.74, 6) is 0.851. The Kier molecular flexibility index (Phi) is 9.22. The average Bonchev–Trinajstić information content (AvgIpc) is 2.54. The molecule has 26 heavy (non-hydrogen) atoms. The van der Waals surface area contributed by atoms with Gasteiger partial charge in [-0.25, -0.2) is 13.1 Å². The standard InChI is InChI=1S/C19H34N2O4S/c1-5-6-14-25-16-10-11-17(18(22)15-16)20-12-8-7-9-13-21-26(23,24)19(2,3)4/h10-11,15,20-22H,5-9,12-14H2,1-4H3. The molecule has 7 heteroatoms. The van der Waals surface area contributed by atoms with E-state index in [9.17, 15) is 13.5 Å². The quantitative estimate of drug-likeness (QED) is 0.375. The molecule has 0 amide bonds. The highest BCUT2D eigenvalue weighted by Crippen LogP contribution is 2.28. The summed E-state index contributed by atoms with van der Waals surface area (Å²) in [6.45, 7) is 8.99. The lowest BCUT2D eigenvalue weighted by molar-refractivity contribution is 0.308. The van der Waals surface area contributed by atoms with Crippen LogP contribution in [0.1, 0.15) is 59.8 Å². The van der Waals surface area contributed by atoms with Crippen molar-refractivity contribution in [1.29, 1.82) is 0 Å². The van der Waals surface area contributed by atoms with E-state index in [2.05, 4.69) is 17.0 Å². The molecule has 1 rings (SSSR count). The van der Waals surface area contributed by atoms with Crippen molar-refractivity contribution in [2.75, 3.05) is 25.0 Å². The number of unbranched alkanes of at least 4 members (excludes halogenated alkanes) is 3. The minimum absolute atomic E-state index is 0.178. The fourth-order valence-corrected chi connectivity index (χ4v) is 3.00. The van der Waals surface area contributed by atoms with Crippen LogP contribution in [0.15, 0.2) is 18.2 Å². The Labute approximate surface area is 158 Å². The number of aromatic hydroxyl groups is 1. The number of nitrogens with one attached hydrogen (secondary N) is 2. The molecule has 0 fully saturated rings. The molecule has 0 aliphatic rings. The summed E-state index contributed by atoms with van der Waals surface area (Å²) in [6, 6.07) is 5.28. The van der Waals surface area contributed by atoms with E-state index in [0.717, 1.165) is 38.6 Å². The van der Waals surface area contributed by atoms with Gasteiger partial charge < -0.3 is 15.2 Å². The predicted molar refractivity (Wildman–Crippen MR) is 108 cm³/mol. The summed E-state index contributed by atoms with van der Waals surface area (Å²) in [6.07, 6.45) is 4.65. The molecule has 0 bridgehead atoms. The van der Waals surface area contributed by atoms with Gasteiger partial charge in [-0.1, -0.05) is 19.8 Å². The molecule has 1 aromatic carbocycles. The van der Waals surface area contributed by atoms with Gasteiger partial charge in [-0.3, -0.25) is 0 Å². The molecule has 0 aliphatic carbocycles. The molecule has 0 atom stereocenters. The van der Waals surface area contributed by atoms with Crippen LogP contribution in [-0.4, -0.2) is 38.0 Å². The molecule has 150 valence electrons. The maximum Gasteiger partial charge on any atom is 0.216 e. The van der Waals surface area contributed by atoms with Gasteiger partial charge >= 0.3 is 0 Å². The van der Waals surface area contributed by atoms with Crippen molar-refractivity contribution in [3.8, 4) is 11.5 Å². The van der Waals surface area contributed by atoms with E-state index < -0.39 is 14.8 Å². The number of phenols is 1. The van der Waals surface area contributed by atoms with E-state index in [1.165, 1.54) is 0 Å². The van der Waals surface area contributed by atoms with E-state index in [-0.39, 0.29) is 5.75 Å². The Morgan fingerprint density at radius 3 is 2.38 bits per heavy atom. The number of hydrogen-bond donors (Lipinski definition) is 3. The molecular weight excluding hydrogens is 352 g/mol. The normalized spacial score (nSPS) is 12.2. The maximum absolute atomic E-state index is 11.9. The van der Waals surface area contributed by atoms with Crippen molar-refractivity contribution < 1.29 is 18.3 Å². The van der Waals surface area contributed by atoms with Gasteiger partial charge in [-0.05, 0) is 52.2 Å². The van der Waals surface area contributed by atoms with Gasteiger partial charge in [-0.2, -0.15) is 0 Å². The Hall–Kier alpha value is -1.47. The first-order valence-corrected chi connectivity index (χ1v) is 10.8. The van der Waals surface area contributed by atoms with Crippen molar-refractivity contribution in [2.24, 2.45) is 0 Å². The van der Waals surface area contributed by atoms with Gasteiger partial charge in [0.15, 0.2) is 0 Å². The molecule has 0 saturated carbocycles. The first-order valence-electron chi connectivity index (χ1n) is 9.36. The summed E-state index contributed by atoms with van der Waals surface area (Å²) < 4.78 is 31.2. The zero-order valence-corrected chi connectivity index (χ0v) is 17.3. The van der Waals surface area contributed by atoms with E-state index in [0.29, 0.717) is 24.6 Å². The van der Waals surface area contributed by atoms with Crippen molar-refractivity contribution in [1.82, 2.24) is 4.72 Å². The van der Waals surface area contributed by atoms with Crippen LogP contribution in [0, 0.1) is 0 Å². The monoisotopic (exact) mass is 386 g/mol. The molecule has 1 aromatic rings. The molecule has 6 nitrogen and oxygen atoms in total.